The van der Waals surface area contributed by atoms with E-state index in [1.807, 2.05) is 37.3 Å². The van der Waals surface area contributed by atoms with E-state index in [9.17, 15) is 19.3 Å². The summed E-state index contributed by atoms with van der Waals surface area (Å²) >= 11 is 0. The number of aryl methyl sites for hydroxylation is 1. The number of para-hydroxylation sites is 1. The number of rotatable bonds is 5. The molecule has 0 bridgehead atoms. The lowest BCUT2D eigenvalue weighted by Gasteiger charge is -2.04. The summed E-state index contributed by atoms with van der Waals surface area (Å²) in [5, 5.41) is 15.4. The third kappa shape index (κ3) is 3.96. The molecule has 1 heterocycles. The molecule has 0 aliphatic heterocycles. The fraction of sp³-hybridized carbons (Fsp3) is 0.100. The number of esters is 1. The molecule has 0 aliphatic rings. The number of nitrogens with zero attached hydrogens (tertiary/aromatic N) is 3. The second-order valence-corrected chi connectivity index (χ2v) is 5.96. The second kappa shape index (κ2) is 7.83. The molecule has 2 aromatic carbocycles. The van der Waals surface area contributed by atoms with E-state index in [-0.39, 0.29) is 0 Å². The number of carbonyl (C=O) groups is 1. The minimum absolute atomic E-state index is 0.451. The molecular weight excluding hydrogens is 365 g/mol. The van der Waals surface area contributed by atoms with Gasteiger partial charge in [-0.15, -0.1) is 0 Å². The molecule has 3 rings (SSSR count). The average Bonchev–Trinajstić information content (AvgIpc) is 2.94. The first-order valence-electron chi connectivity index (χ1n) is 8.32. The van der Waals surface area contributed by atoms with Gasteiger partial charge in [-0.2, -0.15) is 5.10 Å². The number of nitro groups is 1. The highest BCUT2D eigenvalue weighted by Crippen LogP contribution is 2.28. The summed E-state index contributed by atoms with van der Waals surface area (Å²) in [6.45, 7) is 3.66. The molecule has 3 aromatic rings. The predicted octanol–water partition coefficient (Wildman–Crippen LogP) is 4.16. The topological polar surface area (TPSA) is 87.3 Å². The van der Waals surface area contributed by atoms with E-state index in [1.165, 1.54) is 6.08 Å². The van der Waals surface area contributed by atoms with Gasteiger partial charge in [0.25, 0.3) is 0 Å². The largest absolute Gasteiger partial charge is 0.416 e. The van der Waals surface area contributed by atoms with Crippen LogP contribution in [-0.4, -0.2) is 20.7 Å². The van der Waals surface area contributed by atoms with Crippen LogP contribution in [0.15, 0.2) is 54.6 Å². The Bertz CT molecular complexity index is 1070. The summed E-state index contributed by atoms with van der Waals surface area (Å²) < 4.78 is 20.0. The first kappa shape index (κ1) is 19.0. The Labute approximate surface area is 159 Å². The summed E-state index contributed by atoms with van der Waals surface area (Å²) in [5.74, 6) is -2.05. The van der Waals surface area contributed by atoms with E-state index < -0.39 is 28.1 Å². The summed E-state index contributed by atoms with van der Waals surface area (Å²) in [6, 6.07) is 12.2. The lowest BCUT2D eigenvalue weighted by atomic mass is 10.2. The molecule has 0 unspecified atom stereocenters. The average molecular weight is 381 g/mol. The van der Waals surface area contributed by atoms with Gasteiger partial charge in [0.15, 0.2) is 0 Å². The van der Waals surface area contributed by atoms with E-state index in [0.29, 0.717) is 5.69 Å². The molecule has 0 saturated heterocycles. The van der Waals surface area contributed by atoms with Crippen molar-refractivity contribution in [3.63, 3.8) is 0 Å². The molecule has 0 amide bonds. The van der Waals surface area contributed by atoms with Crippen LogP contribution in [0.25, 0.3) is 11.8 Å². The van der Waals surface area contributed by atoms with Gasteiger partial charge in [-0.1, -0.05) is 18.2 Å². The Kier molecular flexibility index (Phi) is 5.30. The zero-order valence-corrected chi connectivity index (χ0v) is 15.1. The fourth-order valence-corrected chi connectivity index (χ4v) is 2.73. The SMILES string of the molecule is Cc1nn(-c2ccccc2)c(C)c1C=CC(=O)Oc1cc(F)ccc1[N+](=O)[O-]. The maximum absolute atomic E-state index is 13.3. The van der Waals surface area contributed by atoms with Gasteiger partial charge in [0, 0.05) is 29.5 Å². The molecule has 0 atom stereocenters. The summed E-state index contributed by atoms with van der Waals surface area (Å²) in [7, 11) is 0. The van der Waals surface area contributed by atoms with Crippen molar-refractivity contribution >= 4 is 17.7 Å². The Morgan fingerprint density at radius 3 is 2.61 bits per heavy atom. The van der Waals surface area contributed by atoms with Gasteiger partial charge in [0.1, 0.15) is 5.82 Å². The van der Waals surface area contributed by atoms with E-state index in [0.717, 1.165) is 41.2 Å². The predicted molar refractivity (Wildman–Crippen MR) is 101 cm³/mol. The number of benzene rings is 2. The van der Waals surface area contributed by atoms with E-state index in [1.54, 1.807) is 11.6 Å². The van der Waals surface area contributed by atoms with Crippen molar-refractivity contribution in [3.05, 3.63) is 87.5 Å². The first-order chi connectivity index (χ1) is 13.4. The Morgan fingerprint density at radius 2 is 1.93 bits per heavy atom. The monoisotopic (exact) mass is 381 g/mol. The van der Waals surface area contributed by atoms with Crippen molar-refractivity contribution in [2.24, 2.45) is 0 Å². The number of aromatic nitrogens is 2. The highest BCUT2D eigenvalue weighted by atomic mass is 19.1. The van der Waals surface area contributed by atoms with Gasteiger partial charge in [-0.25, -0.2) is 13.9 Å². The van der Waals surface area contributed by atoms with Gasteiger partial charge in [-0.3, -0.25) is 10.1 Å². The Morgan fingerprint density at radius 1 is 1.21 bits per heavy atom. The molecule has 0 aliphatic carbocycles. The van der Waals surface area contributed by atoms with Crippen LogP contribution < -0.4 is 4.74 Å². The van der Waals surface area contributed by atoms with Crippen LogP contribution in [-0.2, 0) is 4.79 Å². The van der Waals surface area contributed by atoms with E-state index in [2.05, 4.69) is 5.10 Å². The van der Waals surface area contributed by atoms with Crippen LogP contribution in [0.5, 0.6) is 5.75 Å². The standard InChI is InChI=1S/C20H16FN3O4/c1-13-17(14(2)23(22-13)16-6-4-3-5-7-16)9-11-20(25)28-19-12-15(21)8-10-18(19)24(26)27/h3-12H,1-2H3. The third-order valence-corrected chi connectivity index (χ3v) is 4.06. The lowest BCUT2D eigenvalue weighted by molar-refractivity contribution is -0.385. The summed E-state index contributed by atoms with van der Waals surface area (Å²) in [6.07, 6.45) is 2.64. The van der Waals surface area contributed by atoms with Crippen molar-refractivity contribution in [1.82, 2.24) is 9.78 Å². The quantitative estimate of drug-likeness (QED) is 0.218. The second-order valence-electron chi connectivity index (χ2n) is 5.96. The van der Waals surface area contributed by atoms with Gasteiger partial charge >= 0.3 is 11.7 Å². The van der Waals surface area contributed by atoms with Crippen LogP contribution in [0.1, 0.15) is 17.0 Å². The van der Waals surface area contributed by atoms with Crippen LogP contribution >= 0.6 is 0 Å². The number of halogens is 1. The van der Waals surface area contributed by atoms with Gasteiger partial charge in [0.2, 0.25) is 5.75 Å². The molecule has 1 aromatic heterocycles. The van der Waals surface area contributed by atoms with Crippen molar-refractivity contribution in [3.8, 4) is 11.4 Å². The minimum atomic E-state index is -0.861. The van der Waals surface area contributed by atoms with Gasteiger partial charge in [0.05, 0.1) is 16.3 Å². The number of carbonyl (C=O) groups excluding carboxylic acids is 1. The molecule has 7 nitrogen and oxygen atoms in total. The number of hydrogen-bond donors (Lipinski definition) is 0. The van der Waals surface area contributed by atoms with Crippen molar-refractivity contribution in [2.75, 3.05) is 0 Å². The zero-order valence-electron chi connectivity index (χ0n) is 15.1. The first-order valence-corrected chi connectivity index (χ1v) is 8.32. The number of nitro benzene ring substituents is 1. The molecule has 28 heavy (non-hydrogen) atoms. The number of hydrogen-bond acceptors (Lipinski definition) is 5. The van der Waals surface area contributed by atoms with Gasteiger partial charge in [-0.05, 0) is 38.1 Å². The van der Waals surface area contributed by atoms with Crippen molar-refractivity contribution < 1.29 is 18.8 Å². The molecule has 0 saturated carbocycles. The van der Waals surface area contributed by atoms with Crippen LogP contribution in [0.2, 0.25) is 0 Å². The van der Waals surface area contributed by atoms with Gasteiger partial charge < -0.3 is 4.74 Å². The lowest BCUT2D eigenvalue weighted by Crippen LogP contribution is -2.06. The minimum Gasteiger partial charge on any atom is -0.416 e. The molecule has 0 fully saturated rings. The maximum Gasteiger partial charge on any atom is 0.336 e. The van der Waals surface area contributed by atoms with Crippen LogP contribution in [0.4, 0.5) is 10.1 Å². The zero-order chi connectivity index (χ0) is 20.3. The third-order valence-electron chi connectivity index (χ3n) is 4.06. The van der Waals surface area contributed by atoms with E-state index >= 15 is 0 Å². The van der Waals surface area contributed by atoms with E-state index in [4.69, 9.17) is 4.74 Å². The normalized spacial score (nSPS) is 11.0. The smallest absolute Gasteiger partial charge is 0.336 e. The van der Waals surface area contributed by atoms with Crippen LogP contribution in [0, 0.1) is 29.8 Å². The highest BCUT2D eigenvalue weighted by Gasteiger charge is 2.18. The van der Waals surface area contributed by atoms with Crippen LogP contribution in [0.3, 0.4) is 0 Å². The molecule has 0 spiro atoms. The Hall–Kier alpha value is -3.81. The molecular formula is C20H16FN3O4. The molecule has 142 valence electrons. The Balaban J connectivity index is 1.83. The summed E-state index contributed by atoms with van der Waals surface area (Å²) in [5.41, 5.74) is 2.61. The number of ether oxygens (including phenoxy) is 1. The summed E-state index contributed by atoms with van der Waals surface area (Å²) in [4.78, 5) is 22.3. The maximum atomic E-state index is 13.3. The molecule has 0 radical (unpaired) electrons. The highest BCUT2D eigenvalue weighted by molar-refractivity contribution is 5.89. The molecule has 0 N–H and O–H groups in total. The fourth-order valence-electron chi connectivity index (χ4n) is 2.73. The van der Waals surface area contributed by atoms with Crippen molar-refractivity contribution in [1.29, 1.82) is 0 Å². The molecule has 8 heteroatoms. The van der Waals surface area contributed by atoms with Crippen molar-refractivity contribution in [2.45, 2.75) is 13.8 Å².